The van der Waals surface area contributed by atoms with Gasteiger partial charge in [-0.3, -0.25) is 5.32 Å². The van der Waals surface area contributed by atoms with Gasteiger partial charge in [0.1, 0.15) is 6.54 Å². The number of carbonyl (C=O) groups is 2. The van der Waals surface area contributed by atoms with Gasteiger partial charge in [-0.15, -0.1) is 4.59 Å². The summed E-state index contributed by atoms with van der Waals surface area (Å²) in [5, 5.41) is 2.94. The molecular weight excluding hydrogens is 148 g/mol. The van der Waals surface area contributed by atoms with Crippen LogP contribution in [0.5, 0.6) is 0 Å². The van der Waals surface area contributed by atoms with Crippen molar-refractivity contribution in [2.75, 3.05) is 19.8 Å². The van der Waals surface area contributed by atoms with E-state index in [1.807, 2.05) is 0 Å². The van der Waals surface area contributed by atoms with Crippen LogP contribution in [0.2, 0.25) is 0 Å². The second-order valence-electron chi connectivity index (χ2n) is 2.50. The number of rotatable bonds is 2. The molecule has 1 unspecified atom stereocenters. The Bertz CT molecular complexity index is 175. The monoisotopic (exact) mass is 159 g/mol. The lowest BCUT2D eigenvalue weighted by atomic mass is 10.6. The standard InChI is InChI=1S/C5H10N4O2/c6-5(11)8-9(4-10)2-1-7-3-9/h4,7H,1-3H2,(H2-,6,8,11)/p+1. The molecule has 0 aromatic heterocycles. The second-order valence-corrected chi connectivity index (χ2v) is 2.50. The zero-order valence-corrected chi connectivity index (χ0v) is 6.04. The highest BCUT2D eigenvalue weighted by Gasteiger charge is 2.33. The Morgan fingerprint density at radius 3 is 2.82 bits per heavy atom. The molecular formula is C5H11N4O2+. The summed E-state index contributed by atoms with van der Waals surface area (Å²) in [6.07, 6.45) is 0.671. The maximum Gasteiger partial charge on any atom is 0.356 e. The van der Waals surface area contributed by atoms with Crippen LogP contribution in [0.3, 0.4) is 0 Å². The summed E-state index contributed by atoms with van der Waals surface area (Å²) in [5.41, 5.74) is 7.23. The largest absolute Gasteiger partial charge is 0.356 e. The molecule has 1 atom stereocenters. The van der Waals surface area contributed by atoms with Gasteiger partial charge in [0, 0.05) is 0 Å². The third-order valence-corrected chi connectivity index (χ3v) is 1.62. The fourth-order valence-electron chi connectivity index (χ4n) is 1.07. The van der Waals surface area contributed by atoms with Crippen molar-refractivity contribution in [3.8, 4) is 0 Å². The summed E-state index contributed by atoms with van der Waals surface area (Å²) in [5.74, 6) is 0. The molecule has 4 N–H and O–H groups in total. The molecule has 1 rings (SSSR count). The van der Waals surface area contributed by atoms with Crippen molar-refractivity contribution >= 4 is 12.4 Å². The van der Waals surface area contributed by atoms with Crippen molar-refractivity contribution < 1.29 is 14.2 Å². The van der Waals surface area contributed by atoms with E-state index >= 15 is 0 Å². The van der Waals surface area contributed by atoms with Crippen molar-refractivity contribution in [2.45, 2.75) is 0 Å². The van der Waals surface area contributed by atoms with Crippen molar-refractivity contribution in [3.05, 3.63) is 0 Å². The highest BCUT2D eigenvalue weighted by Crippen LogP contribution is 1.99. The Morgan fingerprint density at radius 2 is 2.45 bits per heavy atom. The van der Waals surface area contributed by atoms with Gasteiger partial charge in [-0.2, -0.15) is 5.43 Å². The second kappa shape index (κ2) is 2.85. The molecule has 1 heterocycles. The zero-order chi connectivity index (χ0) is 8.32. The van der Waals surface area contributed by atoms with Gasteiger partial charge in [0.15, 0.2) is 6.67 Å². The van der Waals surface area contributed by atoms with Gasteiger partial charge in [0.05, 0.1) is 6.54 Å². The summed E-state index contributed by atoms with van der Waals surface area (Å²) in [6, 6.07) is -0.680. The van der Waals surface area contributed by atoms with Gasteiger partial charge >= 0.3 is 12.4 Å². The Balaban J connectivity index is 2.59. The smallest absolute Gasteiger partial charge is 0.348 e. The first-order chi connectivity index (χ1) is 5.18. The minimum Gasteiger partial charge on any atom is -0.348 e. The van der Waals surface area contributed by atoms with Gasteiger partial charge in [-0.25, -0.2) is 9.59 Å². The van der Waals surface area contributed by atoms with Crippen molar-refractivity contribution in [3.63, 3.8) is 0 Å². The van der Waals surface area contributed by atoms with Crippen molar-refractivity contribution in [1.82, 2.24) is 10.7 Å². The van der Waals surface area contributed by atoms with E-state index in [9.17, 15) is 9.59 Å². The third-order valence-electron chi connectivity index (χ3n) is 1.62. The van der Waals surface area contributed by atoms with E-state index in [2.05, 4.69) is 10.7 Å². The van der Waals surface area contributed by atoms with E-state index in [1.165, 1.54) is 0 Å². The maximum atomic E-state index is 10.5. The minimum absolute atomic E-state index is 0.116. The SMILES string of the molecule is NC(=O)N[N+]1(C=O)CCNC1. The molecule has 0 radical (unpaired) electrons. The molecule has 6 nitrogen and oxygen atoms in total. The van der Waals surface area contributed by atoms with Crippen molar-refractivity contribution in [1.29, 1.82) is 0 Å². The first-order valence-corrected chi connectivity index (χ1v) is 3.30. The number of primary amides is 1. The molecule has 0 spiro atoms. The molecule has 62 valence electrons. The number of urea groups is 1. The fraction of sp³-hybridized carbons (Fsp3) is 0.600. The lowest BCUT2D eigenvalue weighted by molar-refractivity contribution is -0.869. The van der Waals surface area contributed by atoms with Crippen LogP contribution in [-0.4, -0.2) is 36.8 Å². The molecule has 1 saturated heterocycles. The van der Waals surface area contributed by atoms with Gasteiger partial charge in [0.2, 0.25) is 0 Å². The third kappa shape index (κ3) is 1.66. The van der Waals surface area contributed by atoms with Crippen LogP contribution in [0.4, 0.5) is 4.79 Å². The van der Waals surface area contributed by atoms with Crippen LogP contribution < -0.4 is 16.5 Å². The summed E-state index contributed by atoms with van der Waals surface area (Å²) >= 11 is 0. The summed E-state index contributed by atoms with van der Waals surface area (Å²) in [6.45, 7) is 1.66. The molecule has 1 aliphatic heterocycles. The Hall–Kier alpha value is -1.14. The molecule has 0 aromatic rings. The topological polar surface area (TPSA) is 84.2 Å². The highest BCUT2D eigenvalue weighted by molar-refractivity contribution is 5.71. The van der Waals surface area contributed by atoms with Crippen LogP contribution in [0.1, 0.15) is 0 Å². The molecule has 3 amide bonds. The van der Waals surface area contributed by atoms with E-state index < -0.39 is 6.03 Å². The number of hydrogen-bond acceptors (Lipinski definition) is 3. The molecule has 0 aromatic carbocycles. The van der Waals surface area contributed by atoms with Crippen LogP contribution >= 0.6 is 0 Å². The number of hydrogen-bond donors (Lipinski definition) is 3. The molecule has 1 aliphatic rings. The first kappa shape index (κ1) is 7.96. The quantitative estimate of drug-likeness (QED) is 0.325. The Morgan fingerprint density at radius 1 is 1.73 bits per heavy atom. The average Bonchev–Trinajstić information content (AvgIpc) is 2.36. The lowest BCUT2D eigenvalue weighted by Gasteiger charge is -2.23. The van der Waals surface area contributed by atoms with E-state index in [-0.39, 0.29) is 4.59 Å². The van der Waals surface area contributed by atoms with Crippen LogP contribution in [-0.2, 0) is 4.79 Å². The molecule has 1 fully saturated rings. The van der Waals surface area contributed by atoms with Crippen LogP contribution in [0.25, 0.3) is 0 Å². The highest BCUT2D eigenvalue weighted by atomic mass is 16.2. The summed E-state index contributed by atoms with van der Waals surface area (Å²) < 4.78 is -0.116. The number of carbonyl (C=O) groups excluding carboxylic acids is 2. The summed E-state index contributed by atoms with van der Waals surface area (Å²) in [4.78, 5) is 21.0. The number of nitrogens with two attached hydrogens (primary N) is 1. The van der Waals surface area contributed by atoms with Gasteiger partial charge in [-0.05, 0) is 0 Å². The normalized spacial score (nSPS) is 29.8. The van der Waals surface area contributed by atoms with E-state index in [4.69, 9.17) is 5.73 Å². The van der Waals surface area contributed by atoms with Gasteiger partial charge in [-0.1, -0.05) is 0 Å². The number of nitrogens with zero attached hydrogens (tertiary/aromatic N) is 1. The van der Waals surface area contributed by atoms with Crippen LogP contribution in [0.15, 0.2) is 0 Å². The Kier molecular flexibility index (Phi) is 2.06. The van der Waals surface area contributed by atoms with E-state index in [0.717, 1.165) is 0 Å². The lowest BCUT2D eigenvalue weighted by Crippen LogP contribution is -2.59. The van der Waals surface area contributed by atoms with Crippen molar-refractivity contribution in [2.24, 2.45) is 5.73 Å². The number of amides is 3. The predicted octanol–water partition coefficient (Wildman–Crippen LogP) is -1.90. The Labute approximate surface area is 63.9 Å². The zero-order valence-electron chi connectivity index (χ0n) is 6.04. The number of quaternary nitrogens is 1. The molecule has 6 heteroatoms. The van der Waals surface area contributed by atoms with Gasteiger partial charge in [0.25, 0.3) is 0 Å². The molecule has 0 saturated carbocycles. The predicted molar refractivity (Wildman–Crippen MR) is 36.8 cm³/mol. The molecule has 0 bridgehead atoms. The number of nitrogens with one attached hydrogen (secondary N) is 2. The van der Waals surface area contributed by atoms with E-state index in [0.29, 0.717) is 26.2 Å². The summed E-state index contributed by atoms with van der Waals surface area (Å²) in [7, 11) is 0. The van der Waals surface area contributed by atoms with Crippen LogP contribution in [0, 0.1) is 0 Å². The van der Waals surface area contributed by atoms with E-state index in [1.54, 1.807) is 0 Å². The first-order valence-electron chi connectivity index (χ1n) is 3.30. The average molecular weight is 159 g/mol. The molecule has 11 heavy (non-hydrogen) atoms. The minimum atomic E-state index is -0.680. The molecule has 0 aliphatic carbocycles. The maximum absolute atomic E-state index is 10.5. The van der Waals surface area contributed by atoms with Gasteiger partial charge < -0.3 is 5.73 Å². The fourth-order valence-corrected chi connectivity index (χ4v) is 1.07.